The van der Waals surface area contributed by atoms with Gasteiger partial charge in [0.1, 0.15) is 4.83 Å². The number of alkyl halides is 3. The second-order valence-corrected chi connectivity index (χ2v) is 9.56. The molecule has 0 saturated heterocycles. The Morgan fingerprint density at radius 3 is 2.50 bits per heavy atom. The molecule has 0 radical (unpaired) electrons. The molecule has 4 rings (SSSR count). The van der Waals surface area contributed by atoms with Gasteiger partial charge in [0.05, 0.1) is 13.0 Å². The molecule has 0 fully saturated rings. The molecule has 32 heavy (non-hydrogen) atoms. The molecule has 170 valence electrons. The van der Waals surface area contributed by atoms with Crippen molar-refractivity contribution in [3.8, 4) is 11.1 Å². The SMILES string of the molecule is COC(=O)C(CCC(F)(F)F)c1c(C)nc2sc3c(c2c1-c1ccc(C)cc1)CCCC3. The third kappa shape index (κ3) is 4.40. The first-order valence-electron chi connectivity index (χ1n) is 10.9. The van der Waals surface area contributed by atoms with Crippen molar-refractivity contribution in [2.75, 3.05) is 7.11 Å². The molecule has 1 unspecified atom stereocenters. The molecule has 1 aliphatic carbocycles. The van der Waals surface area contributed by atoms with Gasteiger partial charge in [-0.15, -0.1) is 11.3 Å². The van der Waals surface area contributed by atoms with E-state index in [0.29, 0.717) is 11.3 Å². The predicted octanol–water partition coefficient (Wildman–Crippen LogP) is 7.06. The Morgan fingerprint density at radius 2 is 1.84 bits per heavy atom. The van der Waals surface area contributed by atoms with Crippen LogP contribution in [0.15, 0.2) is 24.3 Å². The Labute approximate surface area is 189 Å². The Morgan fingerprint density at radius 1 is 1.16 bits per heavy atom. The van der Waals surface area contributed by atoms with Gasteiger partial charge in [-0.3, -0.25) is 4.79 Å². The second-order valence-electron chi connectivity index (χ2n) is 8.47. The van der Waals surface area contributed by atoms with Gasteiger partial charge in [0.2, 0.25) is 0 Å². The van der Waals surface area contributed by atoms with Gasteiger partial charge in [0.15, 0.2) is 0 Å². The summed E-state index contributed by atoms with van der Waals surface area (Å²) in [6.45, 7) is 3.78. The normalized spacial score (nSPS) is 14.9. The van der Waals surface area contributed by atoms with E-state index in [1.165, 1.54) is 17.6 Å². The van der Waals surface area contributed by atoms with Crippen LogP contribution in [0.3, 0.4) is 0 Å². The quantitative estimate of drug-likeness (QED) is 0.382. The zero-order valence-electron chi connectivity index (χ0n) is 18.4. The van der Waals surface area contributed by atoms with Crippen LogP contribution in [0.5, 0.6) is 0 Å². The molecule has 7 heteroatoms. The summed E-state index contributed by atoms with van der Waals surface area (Å²) in [5.74, 6) is -1.69. The first-order valence-corrected chi connectivity index (χ1v) is 11.7. The average Bonchev–Trinajstić information content (AvgIpc) is 3.11. The number of pyridine rings is 1. The molecule has 2 aromatic heterocycles. The maximum absolute atomic E-state index is 13.1. The summed E-state index contributed by atoms with van der Waals surface area (Å²) in [6, 6.07) is 7.95. The van der Waals surface area contributed by atoms with Crippen molar-refractivity contribution in [3.63, 3.8) is 0 Å². The highest BCUT2D eigenvalue weighted by molar-refractivity contribution is 7.19. The molecule has 0 amide bonds. The fourth-order valence-electron chi connectivity index (χ4n) is 4.69. The fourth-order valence-corrected chi connectivity index (χ4v) is 6.01. The molecule has 3 aromatic rings. The number of thiophene rings is 1. The van der Waals surface area contributed by atoms with Crippen LogP contribution in [0.4, 0.5) is 13.2 Å². The summed E-state index contributed by atoms with van der Waals surface area (Å²) >= 11 is 1.67. The Bertz CT molecular complexity index is 1150. The van der Waals surface area contributed by atoms with Crippen molar-refractivity contribution in [1.82, 2.24) is 4.98 Å². The van der Waals surface area contributed by atoms with Crippen molar-refractivity contribution in [2.24, 2.45) is 0 Å². The number of benzene rings is 1. The Hall–Kier alpha value is -2.41. The molecular weight excluding hydrogens is 435 g/mol. The van der Waals surface area contributed by atoms with Gasteiger partial charge < -0.3 is 4.74 Å². The van der Waals surface area contributed by atoms with Crippen molar-refractivity contribution < 1.29 is 22.7 Å². The molecule has 0 N–H and O–H groups in total. The summed E-state index contributed by atoms with van der Waals surface area (Å²) in [7, 11) is 1.22. The van der Waals surface area contributed by atoms with E-state index in [4.69, 9.17) is 9.72 Å². The Balaban J connectivity index is 2.01. The average molecular weight is 462 g/mol. The number of aryl methyl sites for hydroxylation is 4. The summed E-state index contributed by atoms with van der Waals surface area (Å²) in [5, 5.41) is 0.995. The number of halogens is 3. The van der Waals surface area contributed by atoms with E-state index in [1.54, 1.807) is 18.3 Å². The Kier molecular flexibility index (Phi) is 6.30. The molecule has 1 aromatic carbocycles. The van der Waals surface area contributed by atoms with E-state index in [2.05, 4.69) is 0 Å². The van der Waals surface area contributed by atoms with Crippen LogP contribution in [0.2, 0.25) is 0 Å². The van der Waals surface area contributed by atoms with Crippen molar-refractivity contribution in [2.45, 2.75) is 64.5 Å². The topological polar surface area (TPSA) is 39.2 Å². The van der Waals surface area contributed by atoms with Gasteiger partial charge in [-0.1, -0.05) is 29.8 Å². The fraction of sp³-hybridized carbons (Fsp3) is 0.440. The molecule has 0 aliphatic heterocycles. The van der Waals surface area contributed by atoms with Crippen molar-refractivity contribution in [3.05, 3.63) is 51.5 Å². The van der Waals surface area contributed by atoms with Gasteiger partial charge in [0, 0.05) is 22.4 Å². The number of nitrogens with zero attached hydrogens (tertiary/aromatic N) is 1. The first kappa shape index (κ1) is 22.8. The lowest BCUT2D eigenvalue weighted by Gasteiger charge is -2.23. The second kappa shape index (κ2) is 8.85. The van der Waals surface area contributed by atoms with Gasteiger partial charge in [-0.25, -0.2) is 4.98 Å². The van der Waals surface area contributed by atoms with E-state index < -0.39 is 24.5 Å². The largest absolute Gasteiger partial charge is 0.469 e. The van der Waals surface area contributed by atoms with Crippen molar-refractivity contribution in [1.29, 1.82) is 0 Å². The smallest absolute Gasteiger partial charge is 0.389 e. The maximum atomic E-state index is 13.1. The number of hydrogen-bond donors (Lipinski definition) is 0. The van der Waals surface area contributed by atoms with Gasteiger partial charge in [-0.05, 0) is 68.2 Å². The lowest BCUT2D eigenvalue weighted by molar-refractivity contribution is -0.147. The number of rotatable bonds is 5. The number of carbonyl (C=O) groups excluding carboxylic acids is 1. The van der Waals surface area contributed by atoms with Crippen LogP contribution >= 0.6 is 11.3 Å². The summed E-state index contributed by atoms with van der Waals surface area (Å²) in [5.41, 5.74) is 5.21. The highest BCUT2D eigenvalue weighted by atomic mass is 32.1. The van der Waals surface area contributed by atoms with Crippen LogP contribution in [-0.4, -0.2) is 24.2 Å². The van der Waals surface area contributed by atoms with Gasteiger partial charge in [0.25, 0.3) is 0 Å². The lowest BCUT2D eigenvalue weighted by atomic mass is 9.83. The molecule has 0 saturated carbocycles. The van der Waals surface area contributed by atoms with E-state index >= 15 is 0 Å². The number of ether oxygens (including phenoxy) is 1. The van der Waals surface area contributed by atoms with Gasteiger partial charge >= 0.3 is 12.1 Å². The molecule has 0 bridgehead atoms. The minimum Gasteiger partial charge on any atom is -0.469 e. The molecule has 1 aliphatic rings. The van der Waals surface area contributed by atoms with Crippen LogP contribution in [0.25, 0.3) is 21.3 Å². The molecule has 3 nitrogen and oxygen atoms in total. The highest BCUT2D eigenvalue weighted by Crippen LogP contribution is 2.46. The van der Waals surface area contributed by atoms with Crippen LogP contribution in [-0.2, 0) is 22.4 Å². The zero-order chi connectivity index (χ0) is 23.0. The molecule has 2 heterocycles. The monoisotopic (exact) mass is 461 g/mol. The van der Waals surface area contributed by atoms with Crippen LogP contribution < -0.4 is 0 Å². The standard InChI is InChI=1S/C25H26F3NO2S/c1-14-8-10-16(11-9-14)21-20(18(24(30)31-3)12-13-25(26,27)28)15(2)29-23-22(21)17-6-4-5-7-19(17)32-23/h8-11,18H,4-7,12-13H2,1-3H3. The minimum absolute atomic E-state index is 0.366. The minimum atomic E-state index is -4.36. The first-order chi connectivity index (χ1) is 15.2. The van der Waals surface area contributed by atoms with Crippen LogP contribution in [0.1, 0.15) is 58.9 Å². The zero-order valence-corrected chi connectivity index (χ0v) is 19.3. The van der Waals surface area contributed by atoms with E-state index in [-0.39, 0.29) is 6.42 Å². The molecular formula is C25H26F3NO2S. The number of hydrogen-bond acceptors (Lipinski definition) is 4. The summed E-state index contributed by atoms with van der Waals surface area (Å²) < 4.78 is 44.4. The maximum Gasteiger partial charge on any atom is 0.389 e. The lowest BCUT2D eigenvalue weighted by Crippen LogP contribution is -2.20. The van der Waals surface area contributed by atoms with Crippen LogP contribution in [0, 0.1) is 13.8 Å². The third-order valence-electron chi connectivity index (χ3n) is 6.22. The van der Waals surface area contributed by atoms with Gasteiger partial charge in [-0.2, -0.15) is 13.2 Å². The van der Waals surface area contributed by atoms with E-state index in [0.717, 1.165) is 52.6 Å². The molecule has 0 spiro atoms. The van der Waals surface area contributed by atoms with Crippen molar-refractivity contribution >= 4 is 27.5 Å². The number of methoxy groups -OCH3 is 1. The van der Waals surface area contributed by atoms with E-state index in [9.17, 15) is 18.0 Å². The molecule has 1 atom stereocenters. The predicted molar refractivity (Wildman–Crippen MR) is 121 cm³/mol. The number of fused-ring (bicyclic) bond motifs is 3. The highest BCUT2D eigenvalue weighted by Gasteiger charge is 2.35. The number of carbonyl (C=O) groups is 1. The summed E-state index contributed by atoms with van der Waals surface area (Å²) in [6.07, 6.45) is -1.67. The van der Waals surface area contributed by atoms with E-state index in [1.807, 2.05) is 31.2 Å². The number of esters is 1. The summed E-state index contributed by atoms with van der Waals surface area (Å²) in [4.78, 5) is 19.8. The number of aromatic nitrogens is 1. The third-order valence-corrected chi connectivity index (χ3v) is 7.41.